The summed E-state index contributed by atoms with van der Waals surface area (Å²) in [6.45, 7) is -0.928. The highest BCUT2D eigenvalue weighted by Gasteiger charge is 2.18. The number of benzene rings is 2. The number of amides is 1. The Kier molecular flexibility index (Phi) is 7.21. The molecule has 1 unspecified atom stereocenters. The second kappa shape index (κ2) is 10.2. The largest absolute Gasteiger partial charge is 0.490 e. The highest BCUT2D eigenvalue weighted by Crippen LogP contribution is 2.30. The summed E-state index contributed by atoms with van der Waals surface area (Å²) < 4.78 is 40.3. The molecule has 0 aliphatic rings. The number of carbonyl (C=O) groups is 1. The Balaban J connectivity index is 1.75. The molecule has 3 rings (SSSR count). The van der Waals surface area contributed by atoms with Gasteiger partial charge in [0.15, 0.2) is 11.5 Å². The van der Waals surface area contributed by atoms with Crippen molar-refractivity contribution >= 4 is 12.0 Å². The van der Waals surface area contributed by atoms with Gasteiger partial charge >= 0.3 is 6.61 Å². The number of halogens is 2. The molecule has 0 radical (unpaired) electrons. The molecule has 0 bridgehead atoms. The number of furan rings is 1. The van der Waals surface area contributed by atoms with Gasteiger partial charge in [-0.2, -0.15) is 8.78 Å². The number of hydrogen-bond donors (Lipinski definition) is 1. The topological polar surface area (TPSA) is 60.7 Å². The van der Waals surface area contributed by atoms with Crippen molar-refractivity contribution in [1.82, 2.24) is 5.32 Å². The summed E-state index contributed by atoms with van der Waals surface area (Å²) in [6.07, 6.45) is 4.47. The standard InChI is InChI=1S/C23H21F2NO4/c1-2-28-20-15-16(10-12-18(20)30-23(24)25)11-13-21(27)26-22(19-9-6-14-29-19)17-7-4-3-5-8-17/h3-15,22-23H,2H2,1H3,(H,26,27)/b13-11+. The van der Waals surface area contributed by atoms with Crippen molar-refractivity contribution in [2.75, 3.05) is 6.61 Å². The Labute approximate surface area is 172 Å². The van der Waals surface area contributed by atoms with Crippen LogP contribution in [0.25, 0.3) is 6.08 Å². The van der Waals surface area contributed by atoms with E-state index in [1.54, 1.807) is 37.5 Å². The van der Waals surface area contributed by atoms with Crippen molar-refractivity contribution in [2.24, 2.45) is 0 Å². The van der Waals surface area contributed by atoms with Crippen LogP contribution in [-0.4, -0.2) is 19.1 Å². The maximum atomic E-state index is 12.5. The number of carbonyl (C=O) groups excluding carboxylic acids is 1. The quantitative estimate of drug-likeness (QED) is 0.490. The normalized spacial score (nSPS) is 12.1. The van der Waals surface area contributed by atoms with Gasteiger partial charge in [-0.3, -0.25) is 4.79 Å². The summed E-state index contributed by atoms with van der Waals surface area (Å²) in [7, 11) is 0. The number of ether oxygens (including phenoxy) is 2. The summed E-state index contributed by atoms with van der Waals surface area (Å²) in [5, 5.41) is 2.91. The molecule has 5 nitrogen and oxygen atoms in total. The van der Waals surface area contributed by atoms with Crippen LogP contribution in [0, 0.1) is 0 Å². The molecule has 7 heteroatoms. The van der Waals surface area contributed by atoms with E-state index in [4.69, 9.17) is 9.15 Å². The lowest BCUT2D eigenvalue weighted by molar-refractivity contribution is -0.117. The molecule has 0 aliphatic carbocycles. The van der Waals surface area contributed by atoms with Crippen molar-refractivity contribution < 1.29 is 27.5 Å². The van der Waals surface area contributed by atoms with Crippen LogP contribution in [0.3, 0.4) is 0 Å². The highest BCUT2D eigenvalue weighted by atomic mass is 19.3. The molecular formula is C23H21F2NO4. The molecule has 3 aromatic rings. The fourth-order valence-corrected chi connectivity index (χ4v) is 2.87. The first-order valence-corrected chi connectivity index (χ1v) is 9.35. The fourth-order valence-electron chi connectivity index (χ4n) is 2.87. The van der Waals surface area contributed by atoms with Gasteiger partial charge in [-0.1, -0.05) is 36.4 Å². The Morgan fingerprint density at radius 1 is 1.10 bits per heavy atom. The average molecular weight is 413 g/mol. The predicted octanol–water partition coefficient (Wildman–Crippen LogP) is 5.20. The summed E-state index contributed by atoms with van der Waals surface area (Å²) in [5.41, 5.74) is 1.48. The third-order valence-electron chi connectivity index (χ3n) is 4.16. The lowest BCUT2D eigenvalue weighted by Crippen LogP contribution is -2.27. The van der Waals surface area contributed by atoms with E-state index in [1.807, 2.05) is 30.3 Å². The first kappa shape index (κ1) is 21.1. The van der Waals surface area contributed by atoms with Gasteiger partial charge in [0.25, 0.3) is 0 Å². The Bertz CT molecular complexity index is 972. The Morgan fingerprint density at radius 2 is 1.90 bits per heavy atom. The third kappa shape index (κ3) is 5.70. The zero-order chi connectivity index (χ0) is 21.3. The van der Waals surface area contributed by atoms with Gasteiger partial charge in [0, 0.05) is 6.08 Å². The van der Waals surface area contributed by atoms with Crippen molar-refractivity contribution in [1.29, 1.82) is 0 Å². The van der Waals surface area contributed by atoms with E-state index in [-0.39, 0.29) is 24.0 Å². The molecule has 0 saturated carbocycles. The van der Waals surface area contributed by atoms with Gasteiger partial charge in [0.05, 0.1) is 12.9 Å². The minimum atomic E-state index is -2.95. The van der Waals surface area contributed by atoms with E-state index >= 15 is 0 Å². The van der Waals surface area contributed by atoms with Crippen molar-refractivity contribution in [3.63, 3.8) is 0 Å². The molecular weight excluding hydrogens is 392 g/mol. The average Bonchev–Trinajstić information content (AvgIpc) is 3.27. The molecule has 0 fully saturated rings. The smallest absolute Gasteiger partial charge is 0.387 e. The zero-order valence-corrected chi connectivity index (χ0v) is 16.3. The number of alkyl halides is 2. The van der Waals surface area contributed by atoms with Crippen LogP contribution in [0.4, 0.5) is 8.78 Å². The van der Waals surface area contributed by atoms with Crippen molar-refractivity contribution in [2.45, 2.75) is 19.6 Å². The van der Waals surface area contributed by atoms with Crippen molar-refractivity contribution in [3.05, 3.63) is 89.9 Å². The molecule has 0 spiro atoms. The minimum absolute atomic E-state index is 0.0598. The van der Waals surface area contributed by atoms with Crippen LogP contribution in [0.5, 0.6) is 11.5 Å². The van der Waals surface area contributed by atoms with Gasteiger partial charge in [-0.25, -0.2) is 0 Å². The Morgan fingerprint density at radius 3 is 2.57 bits per heavy atom. The van der Waals surface area contributed by atoms with Crippen LogP contribution in [0.15, 0.2) is 77.4 Å². The van der Waals surface area contributed by atoms with Crippen LogP contribution in [-0.2, 0) is 4.79 Å². The molecule has 0 saturated heterocycles. The second-order valence-corrected chi connectivity index (χ2v) is 6.22. The van der Waals surface area contributed by atoms with E-state index in [0.29, 0.717) is 11.3 Å². The molecule has 1 N–H and O–H groups in total. The van der Waals surface area contributed by atoms with Crippen LogP contribution < -0.4 is 14.8 Å². The maximum absolute atomic E-state index is 12.5. The lowest BCUT2D eigenvalue weighted by Gasteiger charge is -2.16. The highest BCUT2D eigenvalue weighted by molar-refractivity contribution is 5.92. The maximum Gasteiger partial charge on any atom is 0.387 e. The first-order chi connectivity index (χ1) is 14.6. The van der Waals surface area contributed by atoms with Gasteiger partial charge in [0.1, 0.15) is 11.8 Å². The first-order valence-electron chi connectivity index (χ1n) is 9.35. The van der Waals surface area contributed by atoms with Crippen LogP contribution >= 0.6 is 0 Å². The van der Waals surface area contributed by atoms with E-state index in [2.05, 4.69) is 10.1 Å². The molecule has 0 aliphatic heterocycles. The molecule has 1 heterocycles. The molecule has 30 heavy (non-hydrogen) atoms. The van der Waals surface area contributed by atoms with E-state index in [0.717, 1.165) is 5.56 Å². The van der Waals surface area contributed by atoms with E-state index in [1.165, 1.54) is 18.2 Å². The van der Waals surface area contributed by atoms with Crippen LogP contribution in [0.2, 0.25) is 0 Å². The molecule has 1 atom stereocenters. The number of rotatable bonds is 9. The zero-order valence-electron chi connectivity index (χ0n) is 16.3. The summed E-state index contributed by atoms with van der Waals surface area (Å²) in [4.78, 5) is 12.5. The molecule has 2 aromatic carbocycles. The third-order valence-corrected chi connectivity index (χ3v) is 4.16. The number of nitrogens with one attached hydrogen (secondary N) is 1. The number of hydrogen-bond acceptors (Lipinski definition) is 4. The fraction of sp³-hybridized carbons (Fsp3) is 0.174. The summed E-state index contributed by atoms with van der Waals surface area (Å²) >= 11 is 0. The van der Waals surface area contributed by atoms with Crippen molar-refractivity contribution in [3.8, 4) is 11.5 Å². The van der Waals surface area contributed by atoms with Gasteiger partial charge < -0.3 is 19.2 Å². The minimum Gasteiger partial charge on any atom is -0.490 e. The van der Waals surface area contributed by atoms with Gasteiger partial charge in [-0.05, 0) is 48.4 Å². The molecule has 156 valence electrons. The van der Waals surface area contributed by atoms with Gasteiger partial charge in [-0.15, -0.1) is 0 Å². The predicted molar refractivity (Wildman–Crippen MR) is 108 cm³/mol. The van der Waals surface area contributed by atoms with E-state index in [9.17, 15) is 13.6 Å². The van der Waals surface area contributed by atoms with E-state index < -0.39 is 12.7 Å². The lowest BCUT2D eigenvalue weighted by atomic mass is 10.0. The molecule has 1 aromatic heterocycles. The summed E-state index contributed by atoms with van der Waals surface area (Å²) in [5.74, 6) is 0.384. The molecule has 1 amide bonds. The van der Waals surface area contributed by atoms with Crippen LogP contribution in [0.1, 0.15) is 29.9 Å². The van der Waals surface area contributed by atoms with Gasteiger partial charge in [0.2, 0.25) is 5.91 Å². The monoisotopic (exact) mass is 413 g/mol. The second-order valence-electron chi connectivity index (χ2n) is 6.22. The summed E-state index contributed by atoms with van der Waals surface area (Å²) in [6, 6.07) is 17.0. The SMILES string of the molecule is CCOc1cc(/C=C/C(=O)NC(c2ccccc2)c2ccco2)ccc1OC(F)F. The Hall–Kier alpha value is -3.61.